The minimum atomic E-state index is 0.0947. The van der Waals surface area contributed by atoms with Crippen LogP contribution >= 0.6 is 12.2 Å². The molecule has 4 nitrogen and oxygen atoms in total. The van der Waals surface area contributed by atoms with Crippen LogP contribution in [0.15, 0.2) is 0 Å². The second-order valence-electron chi connectivity index (χ2n) is 5.43. The van der Waals surface area contributed by atoms with Gasteiger partial charge in [0, 0.05) is 25.6 Å². The van der Waals surface area contributed by atoms with Gasteiger partial charge in [0.05, 0.1) is 11.5 Å². The van der Waals surface area contributed by atoms with Gasteiger partial charge in [0.1, 0.15) is 0 Å². The van der Waals surface area contributed by atoms with Crippen LogP contribution in [0.5, 0.6) is 0 Å². The van der Waals surface area contributed by atoms with Crippen molar-refractivity contribution < 1.29 is 4.79 Å². The third-order valence-corrected chi connectivity index (χ3v) is 3.22. The molecule has 0 unspecified atom stereocenters. The molecular weight excluding hydrogens is 258 g/mol. The minimum absolute atomic E-state index is 0.0947. The number of carbonyl (C=O) groups excluding carboxylic acids is 1. The molecule has 0 aliphatic heterocycles. The summed E-state index contributed by atoms with van der Waals surface area (Å²) in [6.45, 7) is 10.5. The molecule has 0 saturated carbocycles. The van der Waals surface area contributed by atoms with E-state index in [1.165, 1.54) is 0 Å². The van der Waals surface area contributed by atoms with Gasteiger partial charge in [0.25, 0.3) is 0 Å². The van der Waals surface area contributed by atoms with Crippen LogP contribution in [0, 0.1) is 5.92 Å². The van der Waals surface area contributed by atoms with Gasteiger partial charge in [0.2, 0.25) is 5.91 Å². The van der Waals surface area contributed by atoms with E-state index in [0.717, 1.165) is 25.9 Å². The number of nitrogens with two attached hydrogens (primary N) is 1. The second kappa shape index (κ2) is 10.1. The SMILES string of the molecule is CCC(CC)NC(=O)CN(CCC(N)=S)CC(C)C. The van der Waals surface area contributed by atoms with Crippen LogP contribution in [0.4, 0.5) is 0 Å². The van der Waals surface area contributed by atoms with Crippen LogP contribution in [-0.4, -0.2) is 41.5 Å². The lowest BCUT2D eigenvalue weighted by atomic mass is 10.1. The van der Waals surface area contributed by atoms with Crippen LogP contribution in [0.1, 0.15) is 47.0 Å². The molecule has 0 aromatic carbocycles. The highest BCUT2D eigenvalue weighted by Gasteiger charge is 2.14. The first-order valence-corrected chi connectivity index (χ1v) is 7.59. The lowest BCUT2D eigenvalue weighted by molar-refractivity contribution is -0.123. The monoisotopic (exact) mass is 287 g/mol. The Bertz CT molecular complexity index is 278. The van der Waals surface area contributed by atoms with Gasteiger partial charge in [-0.3, -0.25) is 9.69 Å². The van der Waals surface area contributed by atoms with Crippen molar-refractivity contribution in [3.63, 3.8) is 0 Å². The molecule has 1 amide bonds. The van der Waals surface area contributed by atoms with E-state index < -0.39 is 0 Å². The fourth-order valence-electron chi connectivity index (χ4n) is 1.99. The van der Waals surface area contributed by atoms with Crippen molar-refractivity contribution in [1.29, 1.82) is 0 Å². The van der Waals surface area contributed by atoms with Gasteiger partial charge in [-0.05, 0) is 18.8 Å². The summed E-state index contributed by atoms with van der Waals surface area (Å²) in [4.78, 5) is 14.6. The van der Waals surface area contributed by atoms with E-state index >= 15 is 0 Å². The van der Waals surface area contributed by atoms with Crippen molar-refractivity contribution in [2.45, 2.75) is 53.0 Å². The number of carbonyl (C=O) groups is 1. The lowest BCUT2D eigenvalue weighted by Gasteiger charge is -2.24. The van der Waals surface area contributed by atoms with Crippen molar-refractivity contribution in [3.05, 3.63) is 0 Å². The number of nitrogens with one attached hydrogen (secondary N) is 1. The Morgan fingerprint density at radius 2 is 1.89 bits per heavy atom. The quantitative estimate of drug-likeness (QED) is 0.603. The zero-order valence-corrected chi connectivity index (χ0v) is 13.6. The van der Waals surface area contributed by atoms with E-state index in [1.807, 2.05) is 0 Å². The normalized spacial score (nSPS) is 11.3. The molecule has 0 aliphatic rings. The van der Waals surface area contributed by atoms with Crippen LogP contribution < -0.4 is 11.1 Å². The van der Waals surface area contributed by atoms with E-state index in [-0.39, 0.29) is 11.9 Å². The maximum atomic E-state index is 12.0. The van der Waals surface area contributed by atoms with Crippen molar-refractivity contribution in [3.8, 4) is 0 Å². The van der Waals surface area contributed by atoms with Crippen LogP contribution in [0.3, 0.4) is 0 Å². The highest BCUT2D eigenvalue weighted by Crippen LogP contribution is 2.01. The molecule has 0 aliphatic carbocycles. The summed E-state index contributed by atoms with van der Waals surface area (Å²) in [7, 11) is 0. The number of rotatable bonds is 10. The number of hydrogen-bond donors (Lipinski definition) is 2. The zero-order valence-electron chi connectivity index (χ0n) is 12.7. The van der Waals surface area contributed by atoms with Crippen LogP contribution in [0.2, 0.25) is 0 Å². The Balaban J connectivity index is 4.28. The predicted molar refractivity (Wildman–Crippen MR) is 85.2 cm³/mol. The standard InChI is InChI=1S/C14H29N3OS/c1-5-12(6-2)16-14(18)10-17(9-11(3)4)8-7-13(15)19/h11-12H,5-10H2,1-4H3,(H2,15,19)(H,16,18). The zero-order chi connectivity index (χ0) is 14.8. The molecule has 0 aromatic rings. The van der Waals surface area contributed by atoms with E-state index in [1.54, 1.807) is 0 Å². The maximum Gasteiger partial charge on any atom is 0.234 e. The first-order chi connectivity index (χ1) is 8.88. The first kappa shape index (κ1) is 18.3. The molecule has 0 bridgehead atoms. The molecule has 0 fully saturated rings. The smallest absolute Gasteiger partial charge is 0.234 e. The summed E-state index contributed by atoms with van der Waals surface area (Å²) in [6, 6.07) is 0.281. The molecule has 0 spiro atoms. The Kier molecular flexibility index (Phi) is 9.79. The first-order valence-electron chi connectivity index (χ1n) is 7.19. The van der Waals surface area contributed by atoms with Gasteiger partial charge in [0.15, 0.2) is 0 Å². The van der Waals surface area contributed by atoms with Gasteiger partial charge in [-0.1, -0.05) is 39.9 Å². The third-order valence-electron chi connectivity index (χ3n) is 3.02. The summed E-state index contributed by atoms with van der Waals surface area (Å²) in [5.41, 5.74) is 5.53. The average molecular weight is 287 g/mol. The van der Waals surface area contributed by atoms with Gasteiger partial charge in [-0.2, -0.15) is 0 Å². The van der Waals surface area contributed by atoms with Gasteiger partial charge in [-0.25, -0.2) is 0 Å². The van der Waals surface area contributed by atoms with Crippen molar-refractivity contribution in [1.82, 2.24) is 10.2 Å². The molecule has 0 atom stereocenters. The molecule has 0 saturated heterocycles. The average Bonchev–Trinajstić information content (AvgIpc) is 2.32. The summed E-state index contributed by atoms with van der Waals surface area (Å²) in [6.07, 6.45) is 2.61. The van der Waals surface area contributed by atoms with Crippen molar-refractivity contribution in [2.24, 2.45) is 11.7 Å². The Labute approximate surface area is 123 Å². The number of hydrogen-bond acceptors (Lipinski definition) is 3. The summed E-state index contributed by atoms with van der Waals surface area (Å²) >= 11 is 4.90. The van der Waals surface area contributed by atoms with E-state index in [4.69, 9.17) is 18.0 Å². The van der Waals surface area contributed by atoms with E-state index in [9.17, 15) is 4.79 Å². The Morgan fingerprint density at radius 1 is 1.32 bits per heavy atom. The molecule has 3 N–H and O–H groups in total. The third kappa shape index (κ3) is 9.85. The molecule has 112 valence electrons. The van der Waals surface area contributed by atoms with Gasteiger partial charge < -0.3 is 11.1 Å². The van der Waals surface area contributed by atoms with E-state index in [2.05, 4.69) is 37.9 Å². The highest BCUT2D eigenvalue weighted by atomic mass is 32.1. The highest BCUT2D eigenvalue weighted by molar-refractivity contribution is 7.80. The molecule has 0 radical (unpaired) electrons. The molecule has 19 heavy (non-hydrogen) atoms. The molecule has 0 heterocycles. The lowest BCUT2D eigenvalue weighted by Crippen LogP contribution is -2.43. The predicted octanol–water partition coefficient (Wildman–Crippen LogP) is 1.93. The molecule has 0 aromatic heterocycles. The van der Waals surface area contributed by atoms with Gasteiger partial charge in [-0.15, -0.1) is 0 Å². The van der Waals surface area contributed by atoms with Crippen molar-refractivity contribution >= 4 is 23.1 Å². The van der Waals surface area contributed by atoms with Gasteiger partial charge >= 0.3 is 0 Å². The molecule has 5 heteroatoms. The topological polar surface area (TPSA) is 58.4 Å². The minimum Gasteiger partial charge on any atom is -0.393 e. The number of nitrogens with zero attached hydrogens (tertiary/aromatic N) is 1. The molecular formula is C14H29N3OS. The summed E-state index contributed by atoms with van der Waals surface area (Å²) in [5.74, 6) is 0.615. The maximum absolute atomic E-state index is 12.0. The summed E-state index contributed by atoms with van der Waals surface area (Å²) < 4.78 is 0. The largest absolute Gasteiger partial charge is 0.393 e. The number of thiocarbonyl (C=S) groups is 1. The second-order valence-corrected chi connectivity index (χ2v) is 5.95. The van der Waals surface area contributed by atoms with Crippen LogP contribution in [0.25, 0.3) is 0 Å². The van der Waals surface area contributed by atoms with E-state index in [0.29, 0.717) is 23.9 Å². The van der Waals surface area contributed by atoms with Crippen LogP contribution in [-0.2, 0) is 4.79 Å². The summed E-state index contributed by atoms with van der Waals surface area (Å²) in [5, 5.41) is 3.06. The Morgan fingerprint density at radius 3 is 2.32 bits per heavy atom. The molecule has 0 rings (SSSR count). The van der Waals surface area contributed by atoms with Crippen molar-refractivity contribution in [2.75, 3.05) is 19.6 Å². The fourth-order valence-corrected chi connectivity index (χ4v) is 2.08. The number of amides is 1. The fraction of sp³-hybridized carbons (Fsp3) is 0.857. The Hall–Kier alpha value is -0.680.